The number of ether oxygens (including phenoxy) is 2. The number of nitrogens with zero attached hydrogens (tertiary/aromatic N) is 1. The number of esters is 1. The SMILES string of the molecule is CCOC(=O)C1=C[C@@H](OC(CC)CC)[C@H](NC(C)=O)[C@@H](N2C(=O)CC(O)(CC(=O)O)C2=O)C1. The Morgan fingerprint density at radius 2 is 1.88 bits per heavy atom. The third-order valence-corrected chi connectivity index (χ3v) is 5.84. The van der Waals surface area contributed by atoms with E-state index in [4.69, 9.17) is 14.6 Å². The van der Waals surface area contributed by atoms with Gasteiger partial charge >= 0.3 is 11.9 Å². The highest BCUT2D eigenvalue weighted by atomic mass is 16.5. The molecule has 1 unspecified atom stereocenters. The van der Waals surface area contributed by atoms with Crippen molar-refractivity contribution in [3.05, 3.63) is 11.6 Å². The van der Waals surface area contributed by atoms with Crippen LogP contribution in [0.25, 0.3) is 0 Å². The normalized spacial score (nSPS) is 27.5. The molecule has 2 rings (SSSR count). The van der Waals surface area contributed by atoms with Crippen molar-refractivity contribution < 1.29 is 43.7 Å². The molecule has 3 amide bonds. The van der Waals surface area contributed by atoms with Gasteiger partial charge in [0.15, 0.2) is 5.60 Å². The van der Waals surface area contributed by atoms with Gasteiger partial charge in [-0.05, 0) is 25.8 Å². The molecule has 3 N–H and O–H groups in total. The van der Waals surface area contributed by atoms with Crippen molar-refractivity contribution in [1.29, 1.82) is 0 Å². The molecule has 1 saturated heterocycles. The second-order valence-corrected chi connectivity index (χ2v) is 8.30. The number of amides is 3. The molecule has 33 heavy (non-hydrogen) atoms. The molecule has 11 heteroatoms. The monoisotopic (exact) mass is 468 g/mol. The Morgan fingerprint density at radius 1 is 1.24 bits per heavy atom. The minimum atomic E-state index is -2.40. The lowest BCUT2D eigenvalue weighted by molar-refractivity contribution is -0.157. The largest absolute Gasteiger partial charge is 0.481 e. The lowest BCUT2D eigenvalue weighted by Gasteiger charge is -2.41. The summed E-state index contributed by atoms with van der Waals surface area (Å²) in [7, 11) is 0. The van der Waals surface area contributed by atoms with Gasteiger partial charge in [-0.2, -0.15) is 0 Å². The Kier molecular flexibility index (Phi) is 8.73. The number of hydrogen-bond donors (Lipinski definition) is 3. The van der Waals surface area contributed by atoms with Crippen LogP contribution >= 0.6 is 0 Å². The van der Waals surface area contributed by atoms with Gasteiger partial charge in [-0.3, -0.25) is 24.1 Å². The molecule has 0 bridgehead atoms. The van der Waals surface area contributed by atoms with E-state index in [0.29, 0.717) is 12.8 Å². The van der Waals surface area contributed by atoms with Crippen molar-refractivity contribution in [2.45, 2.75) is 89.7 Å². The Balaban J connectivity index is 2.52. The fourth-order valence-electron chi connectivity index (χ4n) is 4.28. The van der Waals surface area contributed by atoms with Crippen LogP contribution in [0.3, 0.4) is 0 Å². The van der Waals surface area contributed by atoms with E-state index in [-0.39, 0.29) is 24.7 Å². The van der Waals surface area contributed by atoms with E-state index in [1.165, 1.54) is 13.0 Å². The molecule has 1 fully saturated rings. The lowest BCUT2D eigenvalue weighted by Crippen LogP contribution is -2.61. The van der Waals surface area contributed by atoms with Crippen LogP contribution in [0.5, 0.6) is 0 Å². The first-order valence-corrected chi connectivity index (χ1v) is 11.1. The molecule has 4 atom stereocenters. The zero-order valence-corrected chi connectivity index (χ0v) is 19.3. The standard InChI is InChI=1S/C22H32N2O9/c1-5-14(6-2)33-16-9-13(20(29)32-7-3)8-15(19(16)23-12(4)25)24-17(26)10-22(31,21(24)30)11-18(27)28/h9,14-16,19,31H,5-8,10-11H2,1-4H3,(H,23,25)(H,27,28)/t15-,16+,19+,22?/m0/s1. The summed E-state index contributed by atoms with van der Waals surface area (Å²) in [4.78, 5) is 62.3. The summed E-state index contributed by atoms with van der Waals surface area (Å²) in [6.45, 7) is 6.84. The third-order valence-electron chi connectivity index (χ3n) is 5.84. The number of aliphatic carboxylic acids is 1. The molecular weight excluding hydrogens is 436 g/mol. The first-order valence-electron chi connectivity index (χ1n) is 11.1. The van der Waals surface area contributed by atoms with E-state index in [9.17, 15) is 29.1 Å². The van der Waals surface area contributed by atoms with Gasteiger partial charge in [0, 0.05) is 18.9 Å². The highest BCUT2D eigenvalue weighted by molar-refractivity contribution is 6.09. The first kappa shape index (κ1) is 26.5. The van der Waals surface area contributed by atoms with E-state index in [1.807, 2.05) is 13.8 Å². The van der Waals surface area contributed by atoms with E-state index >= 15 is 0 Å². The Bertz CT molecular complexity index is 836. The zero-order chi connectivity index (χ0) is 24.9. The van der Waals surface area contributed by atoms with Crippen molar-refractivity contribution >= 4 is 29.7 Å². The van der Waals surface area contributed by atoms with Gasteiger partial charge in [0.2, 0.25) is 11.8 Å². The number of likely N-dealkylation sites (tertiary alicyclic amines) is 1. The van der Waals surface area contributed by atoms with Crippen LogP contribution in [0.1, 0.15) is 59.8 Å². The van der Waals surface area contributed by atoms with Crippen LogP contribution in [0.4, 0.5) is 0 Å². The summed E-state index contributed by atoms with van der Waals surface area (Å²) in [5.74, 6) is -4.42. The van der Waals surface area contributed by atoms with Gasteiger partial charge < -0.3 is 25.0 Å². The van der Waals surface area contributed by atoms with Gasteiger partial charge in [0.05, 0.1) is 43.7 Å². The van der Waals surface area contributed by atoms with Gasteiger partial charge in [-0.1, -0.05) is 13.8 Å². The topological polar surface area (TPSA) is 160 Å². The fraction of sp³-hybridized carbons (Fsp3) is 0.682. The van der Waals surface area contributed by atoms with Crippen molar-refractivity contribution in [3.63, 3.8) is 0 Å². The number of carbonyl (C=O) groups excluding carboxylic acids is 4. The molecule has 0 aromatic rings. The molecule has 0 aromatic heterocycles. The second-order valence-electron chi connectivity index (χ2n) is 8.30. The van der Waals surface area contributed by atoms with Crippen LogP contribution in [-0.4, -0.2) is 81.3 Å². The molecule has 1 heterocycles. The van der Waals surface area contributed by atoms with Gasteiger partial charge in [0.25, 0.3) is 5.91 Å². The summed E-state index contributed by atoms with van der Waals surface area (Å²) in [6, 6.07) is -2.00. The van der Waals surface area contributed by atoms with E-state index in [0.717, 1.165) is 4.90 Å². The van der Waals surface area contributed by atoms with E-state index < -0.39 is 66.3 Å². The Hall–Kier alpha value is -2.79. The molecular formula is C22H32N2O9. The summed E-state index contributed by atoms with van der Waals surface area (Å²) in [5, 5.41) is 22.4. The fourth-order valence-corrected chi connectivity index (χ4v) is 4.28. The number of nitrogens with one attached hydrogen (secondary N) is 1. The number of hydrogen-bond acceptors (Lipinski definition) is 8. The van der Waals surface area contributed by atoms with Gasteiger partial charge in [-0.15, -0.1) is 0 Å². The number of rotatable bonds is 10. The summed E-state index contributed by atoms with van der Waals surface area (Å²) >= 11 is 0. The Morgan fingerprint density at radius 3 is 2.39 bits per heavy atom. The number of aliphatic hydroxyl groups is 1. The summed E-state index contributed by atoms with van der Waals surface area (Å²) in [5.41, 5.74) is -2.24. The average Bonchev–Trinajstić information content (AvgIpc) is 2.94. The van der Waals surface area contributed by atoms with Gasteiger partial charge in [-0.25, -0.2) is 4.79 Å². The smallest absolute Gasteiger partial charge is 0.333 e. The highest BCUT2D eigenvalue weighted by Crippen LogP contribution is 2.35. The van der Waals surface area contributed by atoms with Crippen molar-refractivity contribution in [2.75, 3.05) is 6.61 Å². The highest BCUT2D eigenvalue weighted by Gasteiger charge is 2.56. The predicted octanol–water partition coefficient (Wildman–Crippen LogP) is 0.291. The number of imide groups is 1. The van der Waals surface area contributed by atoms with E-state index in [1.54, 1.807) is 6.92 Å². The molecule has 0 radical (unpaired) electrons. The maximum Gasteiger partial charge on any atom is 0.333 e. The predicted molar refractivity (Wildman–Crippen MR) is 114 cm³/mol. The van der Waals surface area contributed by atoms with E-state index in [2.05, 4.69) is 5.32 Å². The maximum atomic E-state index is 13.0. The van der Waals surface area contributed by atoms with Crippen LogP contribution in [0.2, 0.25) is 0 Å². The van der Waals surface area contributed by atoms with Crippen molar-refractivity contribution in [3.8, 4) is 0 Å². The number of carboxylic acids is 1. The minimum Gasteiger partial charge on any atom is -0.481 e. The van der Waals surface area contributed by atoms with Gasteiger partial charge in [0.1, 0.15) is 0 Å². The third kappa shape index (κ3) is 5.97. The van der Waals surface area contributed by atoms with Crippen LogP contribution in [0.15, 0.2) is 11.6 Å². The zero-order valence-electron chi connectivity index (χ0n) is 19.3. The molecule has 1 aliphatic heterocycles. The van der Waals surface area contributed by atoms with Crippen LogP contribution in [0, 0.1) is 0 Å². The first-order chi connectivity index (χ1) is 15.5. The second kappa shape index (κ2) is 10.9. The van der Waals surface area contributed by atoms with Crippen LogP contribution in [-0.2, 0) is 33.4 Å². The molecule has 0 spiro atoms. The molecule has 184 valence electrons. The summed E-state index contributed by atoms with van der Waals surface area (Å²) < 4.78 is 11.2. The quantitative estimate of drug-likeness (QED) is 0.302. The molecule has 0 saturated carbocycles. The number of carbonyl (C=O) groups is 5. The average molecular weight is 469 g/mol. The Labute approximate surface area is 192 Å². The molecule has 2 aliphatic rings. The maximum absolute atomic E-state index is 13.0. The molecule has 1 aliphatic carbocycles. The minimum absolute atomic E-state index is 0.105. The van der Waals surface area contributed by atoms with Crippen molar-refractivity contribution in [2.24, 2.45) is 0 Å². The van der Waals surface area contributed by atoms with Crippen LogP contribution < -0.4 is 5.32 Å². The molecule has 11 nitrogen and oxygen atoms in total. The van der Waals surface area contributed by atoms with Crippen molar-refractivity contribution in [1.82, 2.24) is 10.2 Å². The lowest BCUT2D eigenvalue weighted by atomic mass is 9.86. The molecule has 0 aromatic carbocycles. The number of carboxylic acid groups (broad SMARTS) is 1. The summed E-state index contributed by atoms with van der Waals surface area (Å²) in [6.07, 6.45) is -0.0725.